The molecule has 11 heteroatoms. The first-order chi connectivity index (χ1) is 20.3. The van der Waals surface area contributed by atoms with Crippen molar-refractivity contribution in [2.24, 2.45) is 11.8 Å². The molecule has 0 aliphatic rings. The van der Waals surface area contributed by atoms with E-state index in [0.29, 0.717) is 17.4 Å². The van der Waals surface area contributed by atoms with Crippen LogP contribution >= 0.6 is 23.4 Å². The largest absolute Gasteiger partial charge is 0.506 e. The van der Waals surface area contributed by atoms with Crippen molar-refractivity contribution in [1.82, 2.24) is 0 Å². The average molecular weight is 646 g/mol. The van der Waals surface area contributed by atoms with Crippen LogP contribution in [0.2, 0.25) is 5.02 Å². The van der Waals surface area contributed by atoms with Gasteiger partial charge in [-0.1, -0.05) is 46.2 Å². The molecule has 2 amide bonds. The zero-order chi connectivity index (χ0) is 31.9. The first kappa shape index (κ1) is 34.3. The Morgan fingerprint density at radius 1 is 0.907 bits per heavy atom. The predicted molar refractivity (Wildman–Crippen MR) is 178 cm³/mol. The van der Waals surface area contributed by atoms with E-state index >= 15 is 0 Å². The number of sulfone groups is 1. The molecule has 3 aromatic rings. The number of nitrogens with one attached hydrogen (secondary N) is 2. The topological polar surface area (TPSA) is 116 Å². The zero-order valence-corrected chi connectivity index (χ0v) is 27.7. The molecule has 0 saturated carbocycles. The van der Waals surface area contributed by atoms with Crippen molar-refractivity contribution in [1.29, 1.82) is 0 Å². The van der Waals surface area contributed by atoms with Gasteiger partial charge in [0, 0.05) is 35.3 Å². The lowest BCUT2D eigenvalue weighted by Gasteiger charge is -2.28. The van der Waals surface area contributed by atoms with Gasteiger partial charge >= 0.3 is 0 Å². The van der Waals surface area contributed by atoms with Crippen molar-refractivity contribution in [2.75, 3.05) is 34.9 Å². The second-order valence-corrected chi connectivity index (χ2v) is 14.6. The molecule has 0 bridgehead atoms. The number of nitrogens with zero attached hydrogens (tertiary/aromatic N) is 1. The Labute approximate surface area is 264 Å². The van der Waals surface area contributed by atoms with Crippen LogP contribution in [0.5, 0.6) is 5.75 Å². The molecule has 8 nitrogen and oxygen atoms in total. The van der Waals surface area contributed by atoms with Crippen LogP contribution in [0.4, 0.5) is 17.1 Å². The number of rotatable bonds is 13. The number of amides is 2. The summed E-state index contributed by atoms with van der Waals surface area (Å²) in [7, 11) is -3.98. The number of benzene rings is 3. The Morgan fingerprint density at radius 3 is 2.00 bits per heavy atom. The molecule has 0 fully saturated rings. The van der Waals surface area contributed by atoms with E-state index in [-0.39, 0.29) is 33.5 Å². The van der Waals surface area contributed by atoms with Gasteiger partial charge in [0.1, 0.15) is 11.0 Å². The summed E-state index contributed by atoms with van der Waals surface area (Å²) in [5, 5.41) is 14.5. The third-order valence-electron chi connectivity index (χ3n) is 6.68. The number of carbonyl (C=O) groups is 2. The summed E-state index contributed by atoms with van der Waals surface area (Å²) in [5.74, 6) is -0.598. The number of thioether (sulfide) groups is 1. The van der Waals surface area contributed by atoms with Crippen molar-refractivity contribution < 1.29 is 23.1 Å². The van der Waals surface area contributed by atoms with E-state index in [1.54, 1.807) is 31.2 Å². The highest BCUT2D eigenvalue weighted by Gasteiger charge is 2.33. The maximum Gasteiger partial charge on any atom is 0.255 e. The lowest BCUT2D eigenvalue weighted by molar-refractivity contribution is -0.115. The number of anilines is 3. The normalized spacial score (nSPS) is 12.3. The number of phenols is 1. The molecule has 3 N–H and O–H groups in total. The van der Waals surface area contributed by atoms with Gasteiger partial charge in [0.2, 0.25) is 5.91 Å². The SMILES string of the molecule is CCC(C(=O)Nc1cc(O)c(NC(=O)c2ccc(N(CC(C)C)CC(C)C)cc2)cc1Cl)S(=O)(=O)c1ccc(SC)cc1. The van der Waals surface area contributed by atoms with Gasteiger partial charge in [-0.15, -0.1) is 11.8 Å². The van der Waals surface area contributed by atoms with Gasteiger partial charge in [0.05, 0.1) is 21.3 Å². The summed E-state index contributed by atoms with van der Waals surface area (Å²) in [6, 6.07) is 16.1. The van der Waals surface area contributed by atoms with E-state index in [9.17, 15) is 23.1 Å². The van der Waals surface area contributed by atoms with Gasteiger partial charge in [0.25, 0.3) is 5.91 Å². The van der Waals surface area contributed by atoms with Crippen molar-refractivity contribution in [2.45, 2.75) is 56.1 Å². The Bertz CT molecular complexity index is 1520. The molecule has 0 aliphatic carbocycles. The highest BCUT2D eigenvalue weighted by atomic mass is 35.5. The minimum atomic E-state index is -3.98. The van der Waals surface area contributed by atoms with Gasteiger partial charge < -0.3 is 20.6 Å². The summed E-state index contributed by atoms with van der Waals surface area (Å²) in [4.78, 5) is 29.3. The molecular formula is C32H40ClN3O5S2. The summed E-state index contributed by atoms with van der Waals surface area (Å²) < 4.78 is 26.4. The molecule has 1 unspecified atom stereocenters. The molecular weight excluding hydrogens is 606 g/mol. The number of halogens is 1. The van der Waals surface area contributed by atoms with Gasteiger partial charge in [-0.25, -0.2) is 8.42 Å². The number of aromatic hydroxyl groups is 1. The van der Waals surface area contributed by atoms with Crippen LogP contribution in [-0.2, 0) is 14.6 Å². The Kier molecular flexibility index (Phi) is 12.0. The van der Waals surface area contributed by atoms with Crippen LogP contribution in [0, 0.1) is 11.8 Å². The van der Waals surface area contributed by atoms with E-state index in [4.69, 9.17) is 11.6 Å². The van der Waals surface area contributed by atoms with E-state index in [1.165, 1.54) is 36.0 Å². The fraction of sp³-hybridized carbons (Fsp3) is 0.375. The van der Waals surface area contributed by atoms with Crippen molar-refractivity contribution in [3.63, 3.8) is 0 Å². The predicted octanol–water partition coefficient (Wildman–Crippen LogP) is 7.33. The average Bonchev–Trinajstić information content (AvgIpc) is 2.95. The van der Waals surface area contributed by atoms with Gasteiger partial charge in [-0.3, -0.25) is 9.59 Å². The Hall–Kier alpha value is -3.21. The molecule has 0 saturated heterocycles. The van der Waals surface area contributed by atoms with Crippen molar-refractivity contribution in [3.8, 4) is 5.75 Å². The molecule has 43 heavy (non-hydrogen) atoms. The van der Waals surface area contributed by atoms with Gasteiger partial charge in [-0.2, -0.15) is 0 Å². The summed E-state index contributed by atoms with van der Waals surface area (Å²) in [6.45, 7) is 12.1. The van der Waals surface area contributed by atoms with Crippen molar-refractivity contribution in [3.05, 3.63) is 71.2 Å². The van der Waals surface area contributed by atoms with Crippen LogP contribution < -0.4 is 15.5 Å². The standard InChI is InChI=1S/C32H40ClN3O5S2/c1-7-30(43(40,41)25-14-12-24(42-6)13-15-25)32(39)34-27-17-29(37)28(16-26(27)33)35-31(38)22-8-10-23(11-9-22)36(18-20(2)3)19-21(4)5/h8-17,20-21,30,37H,7,18-19H2,1-6H3,(H,34,39)(H,35,38). The minimum Gasteiger partial charge on any atom is -0.506 e. The van der Waals surface area contributed by atoms with E-state index in [1.807, 2.05) is 18.4 Å². The third kappa shape index (κ3) is 8.90. The highest BCUT2D eigenvalue weighted by molar-refractivity contribution is 7.98. The van der Waals surface area contributed by atoms with Crippen LogP contribution in [0.1, 0.15) is 51.4 Å². The van der Waals surface area contributed by atoms with E-state index in [0.717, 1.165) is 23.7 Å². The summed E-state index contributed by atoms with van der Waals surface area (Å²) in [6.07, 6.45) is 1.91. The maximum atomic E-state index is 13.2. The molecule has 1 atom stereocenters. The molecule has 0 radical (unpaired) electrons. The van der Waals surface area contributed by atoms with Gasteiger partial charge in [-0.05, 0) is 79.1 Å². The number of hydrogen-bond acceptors (Lipinski definition) is 7. The molecule has 3 aromatic carbocycles. The highest BCUT2D eigenvalue weighted by Crippen LogP contribution is 2.35. The second kappa shape index (κ2) is 15.0. The fourth-order valence-corrected chi connectivity index (χ4v) is 6.87. The number of hydrogen-bond donors (Lipinski definition) is 3. The quantitative estimate of drug-likeness (QED) is 0.132. The third-order valence-corrected chi connectivity index (χ3v) is 9.96. The molecule has 0 aromatic heterocycles. The van der Waals surface area contributed by atoms with Crippen LogP contribution in [-0.4, -0.2) is 49.9 Å². The molecule has 0 spiro atoms. The van der Waals surface area contributed by atoms with Crippen molar-refractivity contribution >= 4 is 62.1 Å². The van der Waals surface area contributed by atoms with Crippen LogP contribution in [0.15, 0.2) is 70.5 Å². The lowest BCUT2D eigenvalue weighted by Crippen LogP contribution is -2.34. The van der Waals surface area contributed by atoms with E-state index < -0.39 is 26.9 Å². The smallest absolute Gasteiger partial charge is 0.255 e. The molecule has 232 valence electrons. The molecule has 3 rings (SSSR count). The first-order valence-electron chi connectivity index (χ1n) is 14.1. The Morgan fingerprint density at radius 2 is 1.49 bits per heavy atom. The fourth-order valence-electron chi connectivity index (χ4n) is 4.63. The maximum absolute atomic E-state index is 13.2. The monoisotopic (exact) mass is 645 g/mol. The molecule has 0 heterocycles. The zero-order valence-electron chi connectivity index (χ0n) is 25.3. The lowest BCUT2D eigenvalue weighted by atomic mass is 10.1. The second-order valence-electron chi connectivity index (χ2n) is 11.1. The van der Waals surface area contributed by atoms with Crippen LogP contribution in [0.25, 0.3) is 0 Å². The Balaban J connectivity index is 1.74. The summed E-state index contributed by atoms with van der Waals surface area (Å²) >= 11 is 7.87. The van der Waals surface area contributed by atoms with Crippen LogP contribution in [0.3, 0.4) is 0 Å². The number of carbonyl (C=O) groups excluding carboxylic acids is 2. The van der Waals surface area contributed by atoms with E-state index in [2.05, 4.69) is 43.2 Å². The molecule has 0 aliphatic heterocycles. The summed E-state index contributed by atoms with van der Waals surface area (Å²) in [5.41, 5.74) is 1.49. The minimum absolute atomic E-state index is 0.0198. The number of phenolic OH excluding ortho intramolecular Hbond substituents is 1. The van der Waals surface area contributed by atoms with Gasteiger partial charge in [0.15, 0.2) is 9.84 Å². The first-order valence-corrected chi connectivity index (χ1v) is 17.3.